The van der Waals surface area contributed by atoms with Gasteiger partial charge in [0.25, 0.3) is 0 Å². The van der Waals surface area contributed by atoms with Crippen molar-refractivity contribution in [2.75, 3.05) is 33.9 Å². The Morgan fingerprint density at radius 1 is 1.42 bits per heavy atom. The van der Waals surface area contributed by atoms with Gasteiger partial charge in [0.05, 0.1) is 26.2 Å². The predicted octanol–water partition coefficient (Wildman–Crippen LogP) is 1.73. The average Bonchev–Trinajstić information content (AvgIpc) is 2.42. The number of nitrogens with zero attached hydrogens (tertiary/aromatic N) is 1. The summed E-state index contributed by atoms with van der Waals surface area (Å²) in [7, 11) is 3.70. The third-order valence-corrected chi connectivity index (χ3v) is 3.43. The fraction of sp³-hybridized carbons (Fsp3) is 0.533. The van der Waals surface area contributed by atoms with Crippen LogP contribution in [-0.2, 0) is 16.1 Å². The Bertz CT molecular complexity index is 433. The molecule has 4 heteroatoms. The van der Waals surface area contributed by atoms with Gasteiger partial charge in [-0.3, -0.25) is 4.79 Å². The summed E-state index contributed by atoms with van der Waals surface area (Å²) in [5, 5.41) is 0. The lowest BCUT2D eigenvalue weighted by Gasteiger charge is -2.26. The Morgan fingerprint density at radius 3 is 2.95 bits per heavy atom. The van der Waals surface area contributed by atoms with Gasteiger partial charge in [0, 0.05) is 25.1 Å². The molecule has 0 amide bonds. The van der Waals surface area contributed by atoms with E-state index in [2.05, 4.69) is 11.0 Å². The first-order chi connectivity index (χ1) is 9.20. The number of hydrogen-bond donors (Lipinski definition) is 0. The van der Waals surface area contributed by atoms with Crippen LogP contribution in [0.2, 0.25) is 0 Å². The first-order valence-corrected chi connectivity index (χ1v) is 6.61. The van der Waals surface area contributed by atoms with Crippen molar-refractivity contribution >= 4 is 5.78 Å². The fourth-order valence-electron chi connectivity index (χ4n) is 2.42. The number of hydrogen-bond acceptors (Lipinski definition) is 4. The summed E-state index contributed by atoms with van der Waals surface area (Å²) in [5.41, 5.74) is 1.14. The molecule has 1 saturated heterocycles. The zero-order valence-electron chi connectivity index (χ0n) is 11.6. The largest absolute Gasteiger partial charge is 0.496 e. The minimum Gasteiger partial charge on any atom is -0.496 e. The van der Waals surface area contributed by atoms with Gasteiger partial charge in [0.15, 0.2) is 0 Å². The van der Waals surface area contributed by atoms with Gasteiger partial charge in [0.1, 0.15) is 11.5 Å². The lowest BCUT2D eigenvalue weighted by molar-refractivity contribution is -0.131. The third kappa shape index (κ3) is 3.78. The quantitative estimate of drug-likeness (QED) is 0.811. The number of Topliss-reactive ketones (excluding diaryl/α,β-unsaturated/α-hetero) is 1. The highest BCUT2D eigenvalue weighted by atomic mass is 16.5. The number of rotatable bonds is 5. The molecule has 1 aromatic carbocycles. The molecular weight excluding hydrogens is 242 g/mol. The Labute approximate surface area is 114 Å². The van der Waals surface area contributed by atoms with Crippen LogP contribution in [-0.4, -0.2) is 44.6 Å². The molecule has 1 unspecified atom stereocenters. The topological polar surface area (TPSA) is 38.8 Å². The highest BCUT2D eigenvalue weighted by molar-refractivity contribution is 5.82. The Morgan fingerprint density at radius 2 is 2.21 bits per heavy atom. The molecule has 104 valence electrons. The molecule has 0 N–H and O–H groups in total. The van der Waals surface area contributed by atoms with Gasteiger partial charge < -0.3 is 14.4 Å². The number of benzene rings is 1. The maximum absolute atomic E-state index is 11.8. The molecule has 0 aliphatic carbocycles. The molecule has 0 radical (unpaired) electrons. The minimum atomic E-state index is 0.00783. The highest BCUT2D eigenvalue weighted by Gasteiger charge is 2.24. The SMILES string of the molecule is COc1ccccc1CN(C)CC1COCCC1=O. The van der Waals surface area contributed by atoms with Crippen molar-refractivity contribution < 1.29 is 14.3 Å². The van der Waals surface area contributed by atoms with E-state index in [1.54, 1.807) is 7.11 Å². The van der Waals surface area contributed by atoms with Gasteiger partial charge in [-0.2, -0.15) is 0 Å². The van der Waals surface area contributed by atoms with E-state index >= 15 is 0 Å². The van der Waals surface area contributed by atoms with Crippen LogP contribution in [0.5, 0.6) is 5.75 Å². The monoisotopic (exact) mass is 263 g/mol. The summed E-state index contributed by atoms with van der Waals surface area (Å²) in [6, 6.07) is 7.97. The minimum absolute atomic E-state index is 0.00783. The van der Waals surface area contributed by atoms with Crippen LogP contribution >= 0.6 is 0 Å². The molecule has 19 heavy (non-hydrogen) atoms. The van der Waals surface area contributed by atoms with E-state index in [0.717, 1.165) is 24.4 Å². The van der Waals surface area contributed by atoms with E-state index in [4.69, 9.17) is 9.47 Å². The summed E-state index contributed by atoms with van der Waals surface area (Å²) in [6.45, 7) is 2.63. The van der Waals surface area contributed by atoms with Gasteiger partial charge in [-0.15, -0.1) is 0 Å². The van der Waals surface area contributed by atoms with Crippen molar-refractivity contribution in [3.05, 3.63) is 29.8 Å². The summed E-state index contributed by atoms with van der Waals surface area (Å²) < 4.78 is 10.7. The van der Waals surface area contributed by atoms with Gasteiger partial charge in [-0.25, -0.2) is 0 Å². The van der Waals surface area contributed by atoms with E-state index in [-0.39, 0.29) is 5.92 Å². The van der Waals surface area contributed by atoms with Gasteiger partial charge in [-0.05, 0) is 13.1 Å². The van der Waals surface area contributed by atoms with Crippen LogP contribution in [0.25, 0.3) is 0 Å². The third-order valence-electron chi connectivity index (χ3n) is 3.43. The Balaban J connectivity index is 1.93. The van der Waals surface area contributed by atoms with Crippen LogP contribution in [0.3, 0.4) is 0 Å². The molecule has 0 bridgehead atoms. The van der Waals surface area contributed by atoms with Crippen molar-refractivity contribution in [3.8, 4) is 5.75 Å². The van der Waals surface area contributed by atoms with E-state index in [9.17, 15) is 4.79 Å². The maximum atomic E-state index is 11.8. The molecule has 1 aromatic rings. The van der Waals surface area contributed by atoms with Gasteiger partial charge in [0.2, 0.25) is 0 Å². The Hall–Kier alpha value is -1.39. The lowest BCUT2D eigenvalue weighted by Crippen LogP contribution is -2.36. The van der Waals surface area contributed by atoms with E-state index in [1.807, 2.05) is 25.2 Å². The van der Waals surface area contributed by atoms with Crippen LogP contribution < -0.4 is 4.74 Å². The molecular formula is C15H21NO3. The molecule has 0 saturated carbocycles. The number of carbonyl (C=O) groups excluding carboxylic acids is 1. The van der Waals surface area contributed by atoms with Crippen molar-refractivity contribution in [1.29, 1.82) is 0 Å². The van der Waals surface area contributed by atoms with Crippen LogP contribution in [0.4, 0.5) is 0 Å². The first kappa shape index (κ1) is 14.0. The molecule has 2 rings (SSSR count). The van der Waals surface area contributed by atoms with Crippen molar-refractivity contribution in [3.63, 3.8) is 0 Å². The second-order valence-corrected chi connectivity index (χ2v) is 5.00. The Kier molecular flexibility index (Phi) is 4.93. The molecule has 0 aromatic heterocycles. The molecule has 1 aliphatic heterocycles. The second kappa shape index (κ2) is 6.68. The summed E-state index contributed by atoms with van der Waals surface area (Å²) in [6.07, 6.45) is 0.549. The molecule has 0 spiro atoms. The number of para-hydroxylation sites is 1. The lowest BCUT2D eigenvalue weighted by atomic mass is 10.00. The zero-order valence-corrected chi connectivity index (χ0v) is 11.6. The van der Waals surface area contributed by atoms with Crippen molar-refractivity contribution in [1.82, 2.24) is 4.90 Å². The molecule has 4 nitrogen and oxygen atoms in total. The molecule has 1 heterocycles. The zero-order chi connectivity index (χ0) is 13.7. The number of methoxy groups -OCH3 is 1. The van der Waals surface area contributed by atoms with E-state index in [0.29, 0.717) is 25.4 Å². The molecule has 1 aliphatic rings. The van der Waals surface area contributed by atoms with E-state index < -0.39 is 0 Å². The van der Waals surface area contributed by atoms with Gasteiger partial charge >= 0.3 is 0 Å². The second-order valence-electron chi connectivity index (χ2n) is 5.00. The first-order valence-electron chi connectivity index (χ1n) is 6.61. The standard InChI is InChI=1S/C15H21NO3/c1-16(10-13-11-19-8-7-14(13)17)9-12-5-3-4-6-15(12)18-2/h3-6,13H,7-11H2,1-2H3. The van der Waals surface area contributed by atoms with Crippen LogP contribution in [0, 0.1) is 5.92 Å². The number of ether oxygens (including phenoxy) is 2. The summed E-state index contributed by atoms with van der Waals surface area (Å²) in [5.74, 6) is 1.21. The van der Waals surface area contributed by atoms with E-state index in [1.165, 1.54) is 0 Å². The molecule has 1 fully saturated rings. The highest BCUT2D eigenvalue weighted by Crippen LogP contribution is 2.20. The van der Waals surface area contributed by atoms with Crippen molar-refractivity contribution in [2.24, 2.45) is 5.92 Å². The number of carbonyl (C=O) groups is 1. The summed E-state index contributed by atoms with van der Waals surface area (Å²) >= 11 is 0. The van der Waals surface area contributed by atoms with Gasteiger partial charge in [-0.1, -0.05) is 18.2 Å². The predicted molar refractivity (Wildman–Crippen MR) is 73.3 cm³/mol. The summed E-state index contributed by atoms with van der Waals surface area (Å²) in [4.78, 5) is 13.9. The maximum Gasteiger partial charge on any atom is 0.141 e. The van der Waals surface area contributed by atoms with Crippen LogP contribution in [0.1, 0.15) is 12.0 Å². The molecule has 1 atom stereocenters. The average molecular weight is 263 g/mol. The van der Waals surface area contributed by atoms with Crippen molar-refractivity contribution in [2.45, 2.75) is 13.0 Å². The normalized spacial score (nSPS) is 19.7. The fourth-order valence-corrected chi connectivity index (χ4v) is 2.42. The van der Waals surface area contributed by atoms with Crippen LogP contribution in [0.15, 0.2) is 24.3 Å². The smallest absolute Gasteiger partial charge is 0.141 e. The number of ketones is 1.